The van der Waals surface area contributed by atoms with E-state index in [2.05, 4.69) is 111 Å². The van der Waals surface area contributed by atoms with Gasteiger partial charge in [-0.2, -0.15) is 0 Å². The second kappa shape index (κ2) is 56.1. The smallest absolute Gasteiger partial charge is 0.306 e. The van der Waals surface area contributed by atoms with Gasteiger partial charge in [-0.3, -0.25) is 9.59 Å². The minimum atomic E-state index is -0.785. The average molecular weight is 917 g/mol. The van der Waals surface area contributed by atoms with Crippen molar-refractivity contribution in [2.45, 2.75) is 264 Å². The summed E-state index contributed by atoms with van der Waals surface area (Å²) < 4.78 is 10.7. The lowest BCUT2D eigenvalue weighted by Crippen LogP contribution is -2.28. The van der Waals surface area contributed by atoms with E-state index in [1.165, 1.54) is 141 Å². The molecule has 1 atom stereocenters. The maximum absolute atomic E-state index is 12.3. The Kier molecular flexibility index (Phi) is 53.4. The third-order valence-electron chi connectivity index (χ3n) is 11.9. The van der Waals surface area contributed by atoms with Gasteiger partial charge < -0.3 is 14.6 Å². The lowest BCUT2D eigenvalue weighted by molar-refractivity contribution is -0.161. The summed E-state index contributed by atoms with van der Waals surface area (Å²) in [5, 5.41) is 9.65. The summed E-state index contributed by atoms with van der Waals surface area (Å²) >= 11 is 0. The molecule has 0 aromatic heterocycles. The first-order valence-corrected chi connectivity index (χ1v) is 27.8. The second-order valence-corrected chi connectivity index (χ2v) is 18.3. The molecule has 66 heavy (non-hydrogen) atoms. The quantitative estimate of drug-likeness (QED) is 0.0374. The Labute approximate surface area is 408 Å². The van der Waals surface area contributed by atoms with Crippen molar-refractivity contribution in [1.82, 2.24) is 0 Å². The zero-order chi connectivity index (χ0) is 47.7. The van der Waals surface area contributed by atoms with Crippen molar-refractivity contribution < 1.29 is 24.2 Å². The van der Waals surface area contributed by atoms with E-state index >= 15 is 0 Å². The number of carbonyl (C=O) groups is 2. The molecule has 1 N–H and O–H groups in total. The number of rotatable bonds is 50. The predicted molar refractivity (Wildman–Crippen MR) is 288 cm³/mol. The molecular weight excluding hydrogens is 813 g/mol. The number of aliphatic hydroxyl groups excluding tert-OH is 1. The molecule has 0 aliphatic rings. The molecule has 0 rings (SSSR count). The van der Waals surface area contributed by atoms with Crippen LogP contribution < -0.4 is 0 Å². The highest BCUT2D eigenvalue weighted by molar-refractivity contribution is 5.70. The van der Waals surface area contributed by atoms with Crippen LogP contribution in [-0.4, -0.2) is 36.4 Å². The summed E-state index contributed by atoms with van der Waals surface area (Å²) in [4.78, 5) is 24.5. The molecule has 0 aliphatic heterocycles. The van der Waals surface area contributed by atoms with Crippen molar-refractivity contribution in [2.75, 3.05) is 13.2 Å². The number of esters is 2. The van der Waals surface area contributed by atoms with Gasteiger partial charge in [0.2, 0.25) is 0 Å². The van der Waals surface area contributed by atoms with E-state index in [0.717, 1.165) is 89.9 Å². The van der Waals surface area contributed by atoms with Crippen molar-refractivity contribution in [3.05, 3.63) is 97.2 Å². The van der Waals surface area contributed by atoms with Crippen LogP contribution in [0.25, 0.3) is 0 Å². The van der Waals surface area contributed by atoms with Crippen molar-refractivity contribution >= 4 is 11.9 Å². The minimum absolute atomic E-state index is 0.0746. The van der Waals surface area contributed by atoms with Crippen LogP contribution >= 0.6 is 0 Å². The fraction of sp³-hybridized carbons (Fsp3) is 0.705. The van der Waals surface area contributed by atoms with Crippen LogP contribution in [0, 0.1) is 0 Å². The Hall–Kier alpha value is -3.18. The number of aliphatic hydroxyl groups is 1. The normalized spacial score (nSPS) is 13.0. The van der Waals surface area contributed by atoms with Crippen LogP contribution in [0.15, 0.2) is 97.2 Å². The maximum atomic E-state index is 12.3. The molecule has 1 unspecified atom stereocenters. The van der Waals surface area contributed by atoms with Gasteiger partial charge in [-0.1, -0.05) is 246 Å². The highest BCUT2D eigenvalue weighted by atomic mass is 16.6. The third-order valence-corrected chi connectivity index (χ3v) is 11.9. The van der Waals surface area contributed by atoms with E-state index in [-0.39, 0.29) is 25.2 Å². The number of unbranched alkanes of at least 4 members (excludes halogenated alkanes) is 26. The fourth-order valence-corrected chi connectivity index (χ4v) is 7.71. The molecule has 0 aromatic carbocycles. The molecule has 0 amide bonds. The highest BCUT2D eigenvalue weighted by Gasteiger charge is 2.16. The lowest BCUT2D eigenvalue weighted by atomic mass is 10.0. The average Bonchev–Trinajstić information content (AvgIpc) is 3.32. The van der Waals surface area contributed by atoms with Crippen LogP contribution in [-0.2, 0) is 19.1 Å². The van der Waals surface area contributed by atoms with Gasteiger partial charge in [0.1, 0.15) is 6.61 Å². The molecule has 0 aliphatic carbocycles. The van der Waals surface area contributed by atoms with E-state index in [1.807, 2.05) is 0 Å². The van der Waals surface area contributed by atoms with Crippen molar-refractivity contribution in [3.63, 3.8) is 0 Å². The van der Waals surface area contributed by atoms with Gasteiger partial charge in [-0.25, -0.2) is 0 Å². The molecule has 0 heterocycles. The van der Waals surface area contributed by atoms with Crippen LogP contribution in [0.5, 0.6) is 0 Å². The Morgan fingerprint density at radius 3 is 1.00 bits per heavy atom. The topological polar surface area (TPSA) is 72.8 Å². The van der Waals surface area contributed by atoms with Crippen LogP contribution in [0.3, 0.4) is 0 Å². The van der Waals surface area contributed by atoms with Crippen LogP contribution in [0.4, 0.5) is 0 Å². The van der Waals surface area contributed by atoms with Gasteiger partial charge in [0, 0.05) is 12.8 Å². The highest BCUT2D eigenvalue weighted by Crippen LogP contribution is 2.15. The Morgan fingerprint density at radius 1 is 0.364 bits per heavy atom. The van der Waals surface area contributed by atoms with Gasteiger partial charge in [0.25, 0.3) is 0 Å². The third kappa shape index (κ3) is 53.4. The zero-order valence-electron chi connectivity index (χ0n) is 43.2. The van der Waals surface area contributed by atoms with Gasteiger partial charge in [0.15, 0.2) is 6.10 Å². The number of carbonyl (C=O) groups excluding carboxylic acids is 2. The fourth-order valence-electron chi connectivity index (χ4n) is 7.71. The number of allylic oxidation sites excluding steroid dienone is 16. The summed E-state index contributed by atoms with van der Waals surface area (Å²) in [6, 6.07) is 0. The summed E-state index contributed by atoms with van der Waals surface area (Å²) in [7, 11) is 0. The van der Waals surface area contributed by atoms with E-state index in [4.69, 9.17) is 9.47 Å². The molecule has 5 heteroatoms. The molecule has 0 aromatic rings. The number of hydrogen-bond acceptors (Lipinski definition) is 5. The molecule has 0 fully saturated rings. The standard InChI is InChI=1S/C61H104O5/c1-3-5-7-9-11-13-15-17-19-21-23-25-27-28-29-30-31-32-34-36-38-40-42-44-46-48-50-52-54-56-61(64)66-59(57-62)58-65-60(63)55-53-51-49-47-45-43-41-39-37-35-33-26-24-22-20-18-16-14-12-10-8-6-4-2/h5,7,11,13,17,19,22-25,28-29,31-32,36,38,59,62H,3-4,6,8-10,12,14-16,18,20-21,26-27,30,33-35,37,39-58H2,1-2H3/b7-5-,13-11-,19-17-,24-22-,25-23-,29-28-,32-31-,38-36-. The second-order valence-electron chi connectivity index (χ2n) is 18.3. The first-order chi connectivity index (χ1) is 32.6. The van der Waals surface area contributed by atoms with Gasteiger partial charge >= 0.3 is 11.9 Å². The van der Waals surface area contributed by atoms with Gasteiger partial charge in [0.05, 0.1) is 6.61 Å². The first kappa shape index (κ1) is 62.8. The van der Waals surface area contributed by atoms with Crippen molar-refractivity contribution in [1.29, 1.82) is 0 Å². The van der Waals surface area contributed by atoms with E-state index in [0.29, 0.717) is 12.8 Å². The summed E-state index contributed by atoms with van der Waals surface area (Å²) in [5.41, 5.74) is 0. The monoisotopic (exact) mass is 917 g/mol. The number of hydrogen-bond donors (Lipinski definition) is 1. The maximum Gasteiger partial charge on any atom is 0.306 e. The Bertz CT molecular complexity index is 1270. The Morgan fingerprint density at radius 2 is 0.652 bits per heavy atom. The summed E-state index contributed by atoms with van der Waals surface area (Å²) in [5.74, 6) is -0.603. The molecular formula is C61H104O5. The molecule has 0 saturated carbocycles. The molecule has 0 radical (unpaired) electrons. The van der Waals surface area contributed by atoms with E-state index in [9.17, 15) is 14.7 Å². The lowest BCUT2D eigenvalue weighted by Gasteiger charge is -2.15. The SMILES string of the molecule is CC/C=C\C/C=C\C/C=C\C/C=C\C/C=C\C/C=C\C/C=C\CCCCCCCCCC(=O)OC(CO)COC(=O)CCCCCCCCCCCCC/C=C\CCCCCCCCCC. The molecule has 378 valence electrons. The Balaban J connectivity index is 3.56. The largest absolute Gasteiger partial charge is 0.462 e. The predicted octanol–water partition coefficient (Wildman–Crippen LogP) is 18.7. The number of ether oxygens (including phenoxy) is 2. The van der Waals surface area contributed by atoms with Crippen molar-refractivity contribution in [2.24, 2.45) is 0 Å². The molecule has 0 spiro atoms. The van der Waals surface area contributed by atoms with Gasteiger partial charge in [-0.05, 0) is 96.3 Å². The molecule has 5 nitrogen and oxygen atoms in total. The summed E-state index contributed by atoms with van der Waals surface area (Å²) in [6.45, 7) is 4.03. The van der Waals surface area contributed by atoms with Crippen LogP contribution in [0.2, 0.25) is 0 Å². The van der Waals surface area contributed by atoms with Crippen LogP contribution in [0.1, 0.15) is 258 Å². The van der Waals surface area contributed by atoms with E-state index < -0.39 is 6.10 Å². The molecule has 0 saturated heterocycles. The minimum Gasteiger partial charge on any atom is -0.462 e. The van der Waals surface area contributed by atoms with Gasteiger partial charge in [-0.15, -0.1) is 0 Å². The molecule has 0 bridgehead atoms. The van der Waals surface area contributed by atoms with E-state index in [1.54, 1.807) is 0 Å². The van der Waals surface area contributed by atoms with Crippen molar-refractivity contribution in [3.8, 4) is 0 Å². The zero-order valence-corrected chi connectivity index (χ0v) is 43.2. The first-order valence-electron chi connectivity index (χ1n) is 27.8. The summed E-state index contributed by atoms with van der Waals surface area (Å²) in [6.07, 6.45) is 79.4.